The number of nitrogens with zero attached hydrogens (tertiary/aromatic N) is 1. The zero-order chi connectivity index (χ0) is 14.5. The van der Waals surface area contributed by atoms with Crippen molar-refractivity contribution in [2.45, 2.75) is 24.5 Å². The van der Waals surface area contributed by atoms with E-state index < -0.39 is 0 Å². The molecule has 3 nitrogen and oxygen atoms in total. The lowest BCUT2D eigenvalue weighted by Crippen LogP contribution is -2.37. The number of thioether (sulfide) groups is 1. The first-order valence-corrected chi connectivity index (χ1v) is 7.92. The molecule has 0 amide bonds. The highest BCUT2D eigenvalue weighted by Gasteiger charge is 2.32. The van der Waals surface area contributed by atoms with E-state index in [9.17, 15) is 0 Å². The molecule has 0 aliphatic carbocycles. The third kappa shape index (κ3) is 3.23. The first-order chi connectivity index (χ1) is 9.67. The fourth-order valence-corrected chi connectivity index (χ4v) is 3.88. The molecule has 1 aromatic carbocycles. The van der Waals surface area contributed by atoms with Gasteiger partial charge in [-0.2, -0.15) is 0 Å². The van der Waals surface area contributed by atoms with Gasteiger partial charge >= 0.3 is 0 Å². The summed E-state index contributed by atoms with van der Waals surface area (Å²) < 4.78 is 11.0. The Morgan fingerprint density at radius 1 is 1.20 bits per heavy atom. The smallest absolute Gasteiger partial charge is 0.229 e. The second kappa shape index (κ2) is 6.93. The van der Waals surface area contributed by atoms with E-state index in [2.05, 4.69) is 49.2 Å². The molecule has 110 valence electrons. The number of ether oxygens (including phenoxy) is 2. The van der Waals surface area contributed by atoms with Crippen LogP contribution < -0.4 is 0 Å². The van der Waals surface area contributed by atoms with Crippen molar-refractivity contribution < 1.29 is 9.47 Å². The lowest BCUT2D eigenvalue weighted by molar-refractivity contribution is 0.0872. The average molecular weight is 293 g/mol. The van der Waals surface area contributed by atoms with E-state index in [-0.39, 0.29) is 0 Å². The van der Waals surface area contributed by atoms with Gasteiger partial charge in [0.25, 0.3) is 0 Å². The molecule has 1 aromatic rings. The maximum absolute atomic E-state index is 5.53. The fourth-order valence-electron chi connectivity index (χ4n) is 2.56. The maximum Gasteiger partial charge on any atom is 0.229 e. The molecule has 2 unspecified atom stereocenters. The summed E-state index contributed by atoms with van der Waals surface area (Å²) in [6.45, 7) is 2.20. The molecule has 0 bridgehead atoms. The molecular weight excluding hydrogens is 270 g/mol. The molecule has 0 fully saturated rings. The van der Waals surface area contributed by atoms with Crippen molar-refractivity contribution in [3.05, 3.63) is 47.5 Å². The Labute approximate surface area is 125 Å². The highest BCUT2D eigenvalue weighted by molar-refractivity contribution is 7.99. The van der Waals surface area contributed by atoms with Gasteiger partial charge in [-0.3, -0.25) is 0 Å². The normalized spacial score (nSPS) is 22.9. The van der Waals surface area contributed by atoms with Crippen LogP contribution in [-0.4, -0.2) is 31.5 Å². The minimum Gasteiger partial charge on any atom is -0.495 e. The number of rotatable bonds is 5. The van der Waals surface area contributed by atoms with E-state index in [1.165, 1.54) is 5.56 Å². The molecule has 1 heterocycles. The summed E-state index contributed by atoms with van der Waals surface area (Å²) in [5.41, 5.74) is 1.36. The van der Waals surface area contributed by atoms with Gasteiger partial charge in [-0.1, -0.05) is 37.3 Å². The van der Waals surface area contributed by atoms with Gasteiger partial charge in [-0.25, -0.2) is 0 Å². The predicted octanol–water partition coefficient (Wildman–Crippen LogP) is 3.68. The number of benzene rings is 1. The van der Waals surface area contributed by atoms with E-state index in [0.29, 0.717) is 11.3 Å². The second-order valence-corrected chi connectivity index (χ2v) is 6.24. The lowest BCUT2D eigenvalue weighted by atomic mass is 10.0. The molecule has 2 rings (SSSR count). The van der Waals surface area contributed by atoms with Crippen LogP contribution >= 0.6 is 11.8 Å². The summed E-state index contributed by atoms with van der Waals surface area (Å²) in [6, 6.07) is 10.6. The van der Waals surface area contributed by atoms with E-state index >= 15 is 0 Å². The van der Waals surface area contributed by atoms with Crippen LogP contribution in [0, 0.1) is 5.92 Å². The van der Waals surface area contributed by atoms with E-state index in [1.807, 2.05) is 11.8 Å². The summed E-state index contributed by atoms with van der Waals surface area (Å²) >= 11 is 1.95. The third-order valence-corrected chi connectivity index (χ3v) is 5.06. The summed E-state index contributed by atoms with van der Waals surface area (Å²) in [6.07, 6.45) is 1.07. The summed E-state index contributed by atoms with van der Waals surface area (Å²) in [5.74, 6) is 3.21. The average Bonchev–Trinajstić information content (AvgIpc) is 2.48. The van der Waals surface area contributed by atoms with Crippen LogP contribution in [0.1, 0.15) is 18.9 Å². The maximum atomic E-state index is 5.53. The Balaban J connectivity index is 2.05. The molecule has 0 saturated heterocycles. The molecule has 20 heavy (non-hydrogen) atoms. The molecule has 2 atom stereocenters. The van der Waals surface area contributed by atoms with Gasteiger partial charge in [0.05, 0.1) is 19.6 Å². The van der Waals surface area contributed by atoms with Gasteiger partial charge in [-0.15, -0.1) is 11.8 Å². The first-order valence-electron chi connectivity index (χ1n) is 6.87. The van der Waals surface area contributed by atoms with Gasteiger partial charge < -0.3 is 14.4 Å². The van der Waals surface area contributed by atoms with Gasteiger partial charge in [0.2, 0.25) is 5.88 Å². The molecule has 0 aromatic heterocycles. The van der Waals surface area contributed by atoms with Gasteiger partial charge in [0.1, 0.15) is 0 Å². The minimum atomic E-state index is 0.388. The van der Waals surface area contributed by atoms with Crippen LogP contribution in [0.3, 0.4) is 0 Å². The number of allylic oxidation sites excluding steroid dienone is 1. The topological polar surface area (TPSA) is 21.7 Å². The fraction of sp³-hybridized carbons (Fsp3) is 0.500. The van der Waals surface area contributed by atoms with Crippen LogP contribution in [0.4, 0.5) is 0 Å². The predicted molar refractivity (Wildman–Crippen MR) is 84.1 cm³/mol. The van der Waals surface area contributed by atoms with Crippen molar-refractivity contribution in [2.75, 3.05) is 21.3 Å². The molecule has 0 radical (unpaired) electrons. The summed E-state index contributed by atoms with van der Waals surface area (Å²) in [5, 5.41) is 0.416. The van der Waals surface area contributed by atoms with Crippen molar-refractivity contribution in [1.82, 2.24) is 4.90 Å². The van der Waals surface area contributed by atoms with Crippen molar-refractivity contribution in [3.8, 4) is 0 Å². The molecular formula is C16H23NO2S. The van der Waals surface area contributed by atoms with Crippen molar-refractivity contribution in [2.24, 2.45) is 5.92 Å². The molecule has 1 aliphatic rings. The Hall–Kier alpha value is -1.29. The Morgan fingerprint density at radius 3 is 2.50 bits per heavy atom. The first kappa shape index (κ1) is 15.1. The van der Waals surface area contributed by atoms with Crippen molar-refractivity contribution in [3.63, 3.8) is 0 Å². The van der Waals surface area contributed by atoms with Crippen LogP contribution in [-0.2, 0) is 15.2 Å². The minimum absolute atomic E-state index is 0.388. The quantitative estimate of drug-likeness (QED) is 0.825. The third-order valence-electron chi connectivity index (χ3n) is 3.66. The van der Waals surface area contributed by atoms with Crippen LogP contribution in [0.15, 0.2) is 42.0 Å². The zero-order valence-corrected chi connectivity index (χ0v) is 13.4. The summed E-state index contributed by atoms with van der Waals surface area (Å²) in [4.78, 5) is 2.19. The van der Waals surface area contributed by atoms with Gasteiger partial charge in [-0.05, 0) is 12.0 Å². The molecule has 1 aliphatic heterocycles. The number of methoxy groups -OCH3 is 2. The molecule has 0 saturated carbocycles. The Kier molecular flexibility index (Phi) is 5.24. The largest absolute Gasteiger partial charge is 0.495 e. The Bertz CT molecular complexity index is 461. The molecule has 0 N–H and O–H groups in total. The van der Waals surface area contributed by atoms with Crippen molar-refractivity contribution in [1.29, 1.82) is 0 Å². The zero-order valence-electron chi connectivity index (χ0n) is 12.6. The van der Waals surface area contributed by atoms with E-state index in [1.54, 1.807) is 14.2 Å². The summed E-state index contributed by atoms with van der Waals surface area (Å²) in [7, 11) is 5.50. The van der Waals surface area contributed by atoms with Crippen LogP contribution in [0.5, 0.6) is 0 Å². The highest BCUT2D eigenvalue weighted by atomic mass is 32.2. The van der Waals surface area contributed by atoms with E-state index in [4.69, 9.17) is 9.47 Å². The molecule has 0 spiro atoms. The van der Waals surface area contributed by atoms with Gasteiger partial charge in [0.15, 0.2) is 5.76 Å². The van der Waals surface area contributed by atoms with Crippen molar-refractivity contribution >= 4 is 11.8 Å². The van der Waals surface area contributed by atoms with Crippen LogP contribution in [0.25, 0.3) is 0 Å². The molecule has 4 heteroatoms. The SMILES string of the molecule is COC1=C(OC)N(C)C(SCc2ccccc2)CC1C. The standard InChI is InChI=1S/C16H23NO2S/c1-12-10-14(17(2)16(19-4)15(12)18-3)20-11-13-8-6-5-7-9-13/h5-9,12,14H,10-11H2,1-4H3. The highest BCUT2D eigenvalue weighted by Crippen LogP contribution is 2.37. The monoisotopic (exact) mass is 293 g/mol. The number of hydrogen-bond donors (Lipinski definition) is 0. The lowest BCUT2D eigenvalue weighted by Gasteiger charge is -2.38. The Morgan fingerprint density at radius 2 is 1.90 bits per heavy atom. The van der Waals surface area contributed by atoms with Gasteiger partial charge in [0, 0.05) is 18.7 Å². The van der Waals surface area contributed by atoms with E-state index in [0.717, 1.165) is 23.8 Å². The second-order valence-electron chi connectivity index (χ2n) is 5.08. The number of hydrogen-bond acceptors (Lipinski definition) is 4. The van der Waals surface area contributed by atoms with Crippen LogP contribution in [0.2, 0.25) is 0 Å².